The van der Waals surface area contributed by atoms with Crippen LogP contribution in [0.1, 0.15) is 31.2 Å². The quantitative estimate of drug-likeness (QED) is 0.474. The molecule has 8 heteroatoms. The van der Waals surface area contributed by atoms with Crippen molar-refractivity contribution in [2.24, 2.45) is 4.99 Å². The van der Waals surface area contributed by atoms with Crippen LogP contribution in [0.2, 0.25) is 0 Å². The predicted octanol–water partition coefficient (Wildman–Crippen LogP) is 2.33. The number of nitrogens with one attached hydrogen (secondary N) is 2. The minimum atomic E-state index is -0.942. The maximum absolute atomic E-state index is 10.7. The lowest BCUT2D eigenvalue weighted by atomic mass is 10.1. The molecular weight excluding hydrogens is 386 g/mol. The minimum absolute atomic E-state index is 0.231. The number of hydrogen-bond acceptors (Lipinski definition) is 6. The van der Waals surface area contributed by atoms with Crippen LogP contribution in [0.4, 0.5) is 5.82 Å². The molecule has 0 saturated carbocycles. The number of thiophene rings is 1. The topological polar surface area (TPSA) is 82.0 Å². The number of aliphatic hydroxyl groups is 1. The van der Waals surface area contributed by atoms with Crippen LogP contribution in [-0.2, 0) is 16.9 Å². The molecular formula is C21H31N5O2S. The molecule has 1 aliphatic heterocycles. The zero-order valence-electron chi connectivity index (χ0n) is 17.4. The minimum Gasteiger partial charge on any atom is -0.383 e. The number of morpholine rings is 1. The monoisotopic (exact) mass is 417 g/mol. The van der Waals surface area contributed by atoms with Gasteiger partial charge in [-0.1, -0.05) is 12.1 Å². The van der Waals surface area contributed by atoms with Crippen molar-refractivity contribution >= 4 is 23.1 Å². The summed E-state index contributed by atoms with van der Waals surface area (Å²) >= 11 is 1.55. The lowest BCUT2D eigenvalue weighted by molar-refractivity contribution is 0.0529. The Morgan fingerprint density at radius 2 is 2.28 bits per heavy atom. The first kappa shape index (κ1) is 21.5. The van der Waals surface area contributed by atoms with Crippen molar-refractivity contribution < 1.29 is 9.84 Å². The van der Waals surface area contributed by atoms with E-state index in [-0.39, 0.29) is 6.10 Å². The van der Waals surface area contributed by atoms with Crippen LogP contribution >= 0.6 is 11.3 Å². The van der Waals surface area contributed by atoms with Gasteiger partial charge in [0, 0.05) is 30.7 Å². The van der Waals surface area contributed by atoms with Gasteiger partial charge in [-0.3, -0.25) is 0 Å². The van der Waals surface area contributed by atoms with Crippen molar-refractivity contribution in [3.8, 4) is 0 Å². The number of rotatable bonds is 7. The molecule has 3 N–H and O–H groups in total. The van der Waals surface area contributed by atoms with Crippen molar-refractivity contribution in [2.75, 3.05) is 37.7 Å². The van der Waals surface area contributed by atoms with E-state index >= 15 is 0 Å². The Morgan fingerprint density at radius 1 is 1.41 bits per heavy atom. The van der Waals surface area contributed by atoms with Gasteiger partial charge in [-0.15, -0.1) is 11.3 Å². The van der Waals surface area contributed by atoms with E-state index in [9.17, 15) is 5.11 Å². The van der Waals surface area contributed by atoms with Crippen LogP contribution in [0.5, 0.6) is 0 Å². The third-order valence-electron chi connectivity index (χ3n) is 4.79. The molecule has 2 aromatic rings. The average molecular weight is 418 g/mol. The third kappa shape index (κ3) is 6.16. The Morgan fingerprint density at radius 3 is 2.93 bits per heavy atom. The summed E-state index contributed by atoms with van der Waals surface area (Å²) in [6.45, 7) is 10.0. The highest BCUT2D eigenvalue weighted by Gasteiger charge is 2.24. The molecule has 1 fully saturated rings. The van der Waals surface area contributed by atoms with E-state index in [1.54, 1.807) is 11.3 Å². The Kier molecular flexibility index (Phi) is 7.46. The van der Waals surface area contributed by atoms with Gasteiger partial charge in [-0.2, -0.15) is 0 Å². The van der Waals surface area contributed by atoms with E-state index in [4.69, 9.17) is 4.74 Å². The Balaban J connectivity index is 1.58. The molecule has 3 heterocycles. The van der Waals surface area contributed by atoms with Crippen LogP contribution in [0.15, 0.2) is 40.8 Å². The molecule has 7 nitrogen and oxygen atoms in total. The largest absolute Gasteiger partial charge is 0.383 e. The highest BCUT2D eigenvalue weighted by molar-refractivity contribution is 7.10. The molecule has 0 aromatic carbocycles. The van der Waals surface area contributed by atoms with Crippen molar-refractivity contribution in [2.45, 2.75) is 39.0 Å². The second-order valence-corrected chi connectivity index (χ2v) is 8.40. The number of hydrogen-bond donors (Lipinski definition) is 3. The summed E-state index contributed by atoms with van der Waals surface area (Å²) in [6.07, 6.45) is 2.11. The molecule has 158 valence electrons. The molecule has 1 saturated heterocycles. The number of ether oxygens (including phenoxy) is 1. The van der Waals surface area contributed by atoms with E-state index in [2.05, 4.69) is 38.5 Å². The van der Waals surface area contributed by atoms with E-state index in [0.29, 0.717) is 19.0 Å². The molecule has 1 aliphatic rings. The number of pyridine rings is 1. The molecule has 0 aliphatic carbocycles. The van der Waals surface area contributed by atoms with Crippen LogP contribution in [-0.4, -0.2) is 54.9 Å². The Hall–Kier alpha value is -2.16. The van der Waals surface area contributed by atoms with Gasteiger partial charge in [-0.05, 0) is 43.8 Å². The third-order valence-corrected chi connectivity index (χ3v) is 5.91. The smallest absolute Gasteiger partial charge is 0.191 e. The first-order chi connectivity index (χ1) is 14.0. The number of aliphatic imine (C=N–C) groups is 1. The number of aromatic nitrogens is 1. The predicted molar refractivity (Wildman–Crippen MR) is 119 cm³/mol. The van der Waals surface area contributed by atoms with Crippen molar-refractivity contribution in [1.29, 1.82) is 0 Å². The molecule has 2 aromatic heterocycles. The van der Waals surface area contributed by atoms with Crippen LogP contribution in [0.3, 0.4) is 0 Å². The van der Waals surface area contributed by atoms with E-state index in [1.807, 2.05) is 43.6 Å². The summed E-state index contributed by atoms with van der Waals surface area (Å²) in [5.41, 5.74) is 0.0975. The van der Waals surface area contributed by atoms with Gasteiger partial charge in [0.25, 0.3) is 0 Å². The first-order valence-corrected chi connectivity index (χ1v) is 11.0. The zero-order chi connectivity index (χ0) is 20.7. The molecule has 0 radical (unpaired) electrons. The molecule has 0 amide bonds. The van der Waals surface area contributed by atoms with Gasteiger partial charge in [0.15, 0.2) is 5.96 Å². The fourth-order valence-electron chi connectivity index (χ4n) is 3.16. The van der Waals surface area contributed by atoms with Crippen molar-refractivity contribution in [3.63, 3.8) is 0 Å². The summed E-state index contributed by atoms with van der Waals surface area (Å²) in [6, 6.07) is 8.00. The van der Waals surface area contributed by atoms with Gasteiger partial charge in [0.1, 0.15) is 11.4 Å². The summed E-state index contributed by atoms with van der Waals surface area (Å²) in [5, 5.41) is 19.1. The summed E-state index contributed by atoms with van der Waals surface area (Å²) in [4.78, 5) is 12.4. The lowest BCUT2D eigenvalue weighted by Crippen LogP contribution is -2.44. The highest BCUT2D eigenvalue weighted by Crippen LogP contribution is 2.24. The van der Waals surface area contributed by atoms with E-state index in [1.165, 1.54) is 0 Å². The van der Waals surface area contributed by atoms with Gasteiger partial charge in [0.2, 0.25) is 0 Å². The average Bonchev–Trinajstić information content (AvgIpc) is 3.26. The second-order valence-electron chi connectivity index (χ2n) is 7.45. The standard InChI is InChI=1S/C21H31N5O2S/c1-4-22-20(25-15-21(3,27)18-6-5-11-29-18)24-13-17-7-8-19(23-12-17)26-9-10-28-16(2)14-26/h5-8,11-12,16,27H,4,9-10,13-15H2,1-3H3,(H2,22,24,25). The SMILES string of the molecule is CCNC(=NCc1ccc(N2CCOC(C)C2)nc1)NCC(C)(O)c1cccs1. The maximum Gasteiger partial charge on any atom is 0.191 e. The molecule has 2 unspecified atom stereocenters. The van der Waals surface area contributed by atoms with Crippen LogP contribution < -0.4 is 15.5 Å². The Bertz CT molecular complexity index is 777. The van der Waals surface area contributed by atoms with Crippen molar-refractivity contribution in [1.82, 2.24) is 15.6 Å². The molecule has 29 heavy (non-hydrogen) atoms. The Labute approximate surface area is 176 Å². The zero-order valence-corrected chi connectivity index (χ0v) is 18.2. The molecule has 3 rings (SSSR count). The second kappa shape index (κ2) is 10.0. The van der Waals surface area contributed by atoms with Gasteiger partial charge in [-0.25, -0.2) is 9.98 Å². The molecule has 0 bridgehead atoms. The summed E-state index contributed by atoms with van der Waals surface area (Å²) < 4.78 is 5.59. The number of anilines is 1. The molecule has 2 atom stereocenters. The fourth-order valence-corrected chi connectivity index (χ4v) is 3.95. The first-order valence-electron chi connectivity index (χ1n) is 10.1. The normalized spacial score (nSPS) is 19.7. The summed E-state index contributed by atoms with van der Waals surface area (Å²) in [7, 11) is 0. The fraction of sp³-hybridized carbons (Fsp3) is 0.524. The molecule has 0 spiro atoms. The van der Waals surface area contributed by atoms with Gasteiger partial charge in [0.05, 0.1) is 25.8 Å². The van der Waals surface area contributed by atoms with Crippen LogP contribution in [0, 0.1) is 0 Å². The number of nitrogens with zero attached hydrogens (tertiary/aromatic N) is 3. The lowest BCUT2D eigenvalue weighted by Gasteiger charge is -2.32. The highest BCUT2D eigenvalue weighted by atomic mass is 32.1. The van der Waals surface area contributed by atoms with E-state index in [0.717, 1.165) is 42.5 Å². The number of guanidine groups is 1. The van der Waals surface area contributed by atoms with Crippen molar-refractivity contribution in [3.05, 3.63) is 46.3 Å². The van der Waals surface area contributed by atoms with Gasteiger partial charge < -0.3 is 25.4 Å². The van der Waals surface area contributed by atoms with Crippen LogP contribution in [0.25, 0.3) is 0 Å². The van der Waals surface area contributed by atoms with E-state index < -0.39 is 5.60 Å². The maximum atomic E-state index is 10.7. The summed E-state index contributed by atoms with van der Waals surface area (Å²) in [5.74, 6) is 1.65. The van der Waals surface area contributed by atoms with Gasteiger partial charge >= 0.3 is 0 Å².